The Hall–Kier alpha value is -0.820. The number of hydrogen-bond donors (Lipinski definition) is 1. The van der Waals surface area contributed by atoms with Crippen LogP contribution >= 0.6 is 0 Å². The summed E-state index contributed by atoms with van der Waals surface area (Å²) in [6.45, 7) is 5.68. The molecule has 0 aliphatic heterocycles. The van der Waals surface area contributed by atoms with Crippen molar-refractivity contribution in [2.75, 3.05) is 6.54 Å². The number of rotatable bonds is 4. The number of nitrogens with one attached hydrogen (secondary N) is 1. The van der Waals surface area contributed by atoms with Crippen molar-refractivity contribution in [2.45, 2.75) is 45.6 Å². The SMILES string of the molecule is CCCNC1CC(CC)Cc2ccccc21. The van der Waals surface area contributed by atoms with Gasteiger partial charge in [0.2, 0.25) is 0 Å². The first kappa shape index (κ1) is 11.7. The van der Waals surface area contributed by atoms with Gasteiger partial charge in [-0.2, -0.15) is 0 Å². The first-order valence-corrected chi connectivity index (χ1v) is 6.66. The second-order valence-electron chi connectivity index (χ2n) is 4.92. The van der Waals surface area contributed by atoms with Crippen molar-refractivity contribution in [1.82, 2.24) is 5.32 Å². The summed E-state index contributed by atoms with van der Waals surface area (Å²) >= 11 is 0. The lowest BCUT2D eigenvalue weighted by Crippen LogP contribution is -2.29. The zero-order valence-corrected chi connectivity index (χ0v) is 10.5. The van der Waals surface area contributed by atoms with Crippen LogP contribution in [0.2, 0.25) is 0 Å². The molecule has 0 radical (unpaired) electrons. The van der Waals surface area contributed by atoms with E-state index < -0.39 is 0 Å². The molecule has 1 aliphatic carbocycles. The maximum atomic E-state index is 3.69. The van der Waals surface area contributed by atoms with E-state index in [1.54, 1.807) is 11.1 Å². The Morgan fingerprint density at radius 2 is 2.06 bits per heavy atom. The minimum atomic E-state index is 0.592. The number of hydrogen-bond acceptors (Lipinski definition) is 1. The van der Waals surface area contributed by atoms with Crippen LogP contribution in [0.3, 0.4) is 0 Å². The molecule has 1 aromatic carbocycles. The van der Waals surface area contributed by atoms with Gasteiger partial charge in [0.1, 0.15) is 0 Å². The van der Waals surface area contributed by atoms with Gasteiger partial charge in [-0.25, -0.2) is 0 Å². The van der Waals surface area contributed by atoms with Crippen molar-refractivity contribution in [3.8, 4) is 0 Å². The monoisotopic (exact) mass is 217 g/mol. The topological polar surface area (TPSA) is 12.0 Å². The van der Waals surface area contributed by atoms with Crippen LogP contribution in [0, 0.1) is 5.92 Å². The molecule has 2 rings (SSSR count). The summed E-state index contributed by atoms with van der Waals surface area (Å²) in [5, 5.41) is 3.69. The number of benzene rings is 1. The van der Waals surface area contributed by atoms with Crippen LogP contribution in [0.1, 0.15) is 50.3 Å². The molecule has 0 amide bonds. The van der Waals surface area contributed by atoms with E-state index in [9.17, 15) is 0 Å². The van der Waals surface area contributed by atoms with Gasteiger partial charge in [0.25, 0.3) is 0 Å². The molecule has 0 spiro atoms. The average Bonchev–Trinajstić information content (AvgIpc) is 2.35. The maximum absolute atomic E-state index is 3.69. The Kier molecular flexibility index (Phi) is 4.00. The van der Waals surface area contributed by atoms with E-state index in [0.717, 1.165) is 12.5 Å². The summed E-state index contributed by atoms with van der Waals surface area (Å²) in [5.41, 5.74) is 3.11. The smallest absolute Gasteiger partial charge is 0.0325 e. The van der Waals surface area contributed by atoms with E-state index in [1.165, 1.54) is 25.7 Å². The largest absolute Gasteiger partial charge is 0.310 e. The molecule has 1 N–H and O–H groups in total. The van der Waals surface area contributed by atoms with Crippen molar-refractivity contribution in [3.63, 3.8) is 0 Å². The van der Waals surface area contributed by atoms with Gasteiger partial charge in [-0.05, 0) is 42.9 Å². The Morgan fingerprint density at radius 1 is 1.25 bits per heavy atom. The lowest BCUT2D eigenvalue weighted by Gasteiger charge is -2.31. The number of fused-ring (bicyclic) bond motifs is 1. The minimum Gasteiger partial charge on any atom is -0.310 e. The van der Waals surface area contributed by atoms with Gasteiger partial charge in [0.15, 0.2) is 0 Å². The Balaban J connectivity index is 2.17. The van der Waals surface area contributed by atoms with Crippen molar-refractivity contribution in [3.05, 3.63) is 35.4 Å². The van der Waals surface area contributed by atoms with Gasteiger partial charge in [-0.1, -0.05) is 44.5 Å². The van der Waals surface area contributed by atoms with Gasteiger partial charge in [0, 0.05) is 6.04 Å². The van der Waals surface area contributed by atoms with Gasteiger partial charge < -0.3 is 5.32 Å². The molecular weight excluding hydrogens is 194 g/mol. The highest BCUT2D eigenvalue weighted by atomic mass is 14.9. The van der Waals surface area contributed by atoms with E-state index in [-0.39, 0.29) is 0 Å². The zero-order valence-electron chi connectivity index (χ0n) is 10.5. The second kappa shape index (κ2) is 5.49. The Labute approximate surface area is 99.3 Å². The van der Waals surface area contributed by atoms with Gasteiger partial charge in [0.05, 0.1) is 0 Å². The molecule has 0 aromatic heterocycles. The summed E-state index contributed by atoms with van der Waals surface area (Å²) < 4.78 is 0. The highest BCUT2D eigenvalue weighted by Crippen LogP contribution is 2.34. The highest BCUT2D eigenvalue weighted by Gasteiger charge is 2.24. The van der Waals surface area contributed by atoms with Crippen molar-refractivity contribution < 1.29 is 0 Å². The van der Waals surface area contributed by atoms with E-state index in [1.807, 2.05) is 0 Å². The van der Waals surface area contributed by atoms with Crippen molar-refractivity contribution in [1.29, 1.82) is 0 Å². The van der Waals surface area contributed by atoms with E-state index in [2.05, 4.69) is 43.4 Å². The second-order valence-corrected chi connectivity index (χ2v) is 4.92. The predicted octanol–water partition coefficient (Wildman–Crippen LogP) is 3.70. The minimum absolute atomic E-state index is 0.592. The van der Waals surface area contributed by atoms with Crippen LogP contribution in [0.15, 0.2) is 24.3 Å². The zero-order chi connectivity index (χ0) is 11.4. The van der Waals surface area contributed by atoms with Gasteiger partial charge >= 0.3 is 0 Å². The molecule has 16 heavy (non-hydrogen) atoms. The Bertz CT molecular complexity index is 332. The fourth-order valence-electron chi connectivity index (χ4n) is 2.74. The van der Waals surface area contributed by atoms with E-state index in [4.69, 9.17) is 0 Å². The first-order chi connectivity index (χ1) is 7.85. The van der Waals surface area contributed by atoms with Crippen molar-refractivity contribution in [2.24, 2.45) is 5.92 Å². The third-order valence-corrected chi connectivity index (χ3v) is 3.73. The molecule has 1 nitrogen and oxygen atoms in total. The molecule has 2 unspecified atom stereocenters. The summed E-state index contributed by atoms with van der Waals surface area (Å²) in [7, 11) is 0. The predicted molar refractivity (Wildman–Crippen MR) is 69.6 cm³/mol. The quantitative estimate of drug-likeness (QED) is 0.811. The van der Waals surface area contributed by atoms with Gasteiger partial charge in [-0.15, -0.1) is 0 Å². The van der Waals surface area contributed by atoms with Crippen LogP contribution < -0.4 is 5.32 Å². The summed E-state index contributed by atoms with van der Waals surface area (Å²) in [6, 6.07) is 9.54. The molecule has 0 bridgehead atoms. The molecule has 1 aliphatic rings. The summed E-state index contributed by atoms with van der Waals surface area (Å²) in [4.78, 5) is 0. The molecule has 1 heteroatoms. The highest BCUT2D eigenvalue weighted by molar-refractivity contribution is 5.32. The van der Waals surface area contributed by atoms with Crippen molar-refractivity contribution >= 4 is 0 Å². The standard InChI is InChI=1S/C15H23N/c1-3-9-16-15-11-12(4-2)10-13-7-5-6-8-14(13)15/h5-8,12,15-16H,3-4,9-11H2,1-2H3. The summed E-state index contributed by atoms with van der Waals surface area (Å²) in [6.07, 6.45) is 5.11. The van der Waals surface area contributed by atoms with Gasteiger partial charge in [-0.3, -0.25) is 0 Å². The molecule has 0 saturated heterocycles. The molecule has 0 saturated carbocycles. The molecule has 0 fully saturated rings. The fourth-order valence-corrected chi connectivity index (χ4v) is 2.74. The molecule has 2 atom stereocenters. The van der Waals surface area contributed by atoms with Crippen LogP contribution in [0.5, 0.6) is 0 Å². The third kappa shape index (κ3) is 2.46. The van der Waals surface area contributed by atoms with Crippen LogP contribution in [0.25, 0.3) is 0 Å². The lowest BCUT2D eigenvalue weighted by molar-refractivity contribution is 0.352. The molecule has 88 valence electrons. The van der Waals surface area contributed by atoms with Crippen LogP contribution in [-0.2, 0) is 6.42 Å². The van der Waals surface area contributed by atoms with E-state index in [0.29, 0.717) is 6.04 Å². The maximum Gasteiger partial charge on any atom is 0.0325 e. The molecule has 1 aromatic rings. The Morgan fingerprint density at radius 3 is 2.81 bits per heavy atom. The van der Waals surface area contributed by atoms with Crippen LogP contribution in [0.4, 0.5) is 0 Å². The van der Waals surface area contributed by atoms with Crippen LogP contribution in [-0.4, -0.2) is 6.54 Å². The fraction of sp³-hybridized carbons (Fsp3) is 0.600. The molecule has 0 heterocycles. The summed E-state index contributed by atoms with van der Waals surface area (Å²) in [5.74, 6) is 0.865. The molecular formula is C15H23N. The average molecular weight is 217 g/mol. The lowest BCUT2D eigenvalue weighted by atomic mass is 9.79. The van der Waals surface area contributed by atoms with E-state index >= 15 is 0 Å². The normalized spacial score (nSPS) is 24.1. The third-order valence-electron chi connectivity index (χ3n) is 3.73. The first-order valence-electron chi connectivity index (χ1n) is 6.66.